The van der Waals surface area contributed by atoms with E-state index in [1.807, 2.05) is 0 Å². The number of hydrogen-bond acceptors (Lipinski definition) is 7. The summed E-state index contributed by atoms with van der Waals surface area (Å²) >= 11 is 4.16. The van der Waals surface area contributed by atoms with E-state index in [9.17, 15) is 13.2 Å². The zero-order valence-corrected chi connectivity index (χ0v) is 15.9. The van der Waals surface area contributed by atoms with E-state index in [1.54, 1.807) is 37.3 Å². The van der Waals surface area contributed by atoms with Crippen molar-refractivity contribution in [3.63, 3.8) is 0 Å². The summed E-state index contributed by atoms with van der Waals surface area (Å²) in [6.45, 7) is 1.65. The van der Waals surface area contributed by atoms with Gasteiger partial charge in [-0.05, 0) is 46.4 Å². The SMILES string of the molecule is Cc1noc(NS(=O)(=O)c2ccsc2C(=O)Oc2ccccc2)c1Br. The van der Waals surface area contributed by atoms with E-state index >= 15 is 0 Å². The van der Waals surface area contributed by atoms with Gasteiger partial charge in [-0.1, -0.05) is 23.4 Å². The number of nitrogens with one attached hydrogen (secondary N) is 1. The van der Waals surface area contributed by atoms with E-state index in [-0.39, 0.29) is 15.7 Å². The van der Waals surface area contributed by atoms with E-state index in [4.69, 9.17) is 9.26 Å². The van der Waals surface area contributed by atoms with E-state index < -0.39 is 16.0 Å². The number of halogens is 1. The molecule has 10 heteroatoms. The third-order valence-corrected chi connectivity index (χ3v) is 6.41. The van der Waals surface area contributed by atoms with Crippen molar-refractivity contribution in [2.75, 3.05) is 4.72 Å². The van der Waals surface area contributed by atoms with Crippen LogP contribution in [0, 0.1) is 6.92 Å². The first-order valence-electron chi connectivity index (χ1n) is 6.88. The fraction of sp³-hybridized carbons (Fsp3) is 0.0667. The lowest BCUT2D eigenvalue weighted by atomic mass is 10.3. The summed E-state index contributed by atoms with van der Waals surface area (Å²) in [5.74, 6) is -0.494. The molecule has 0 spiro atoms. The van der Waals surface area contributed by atoms with Crippen molar-refractivity contribution in [3.8, 4) is 5.75 Å². The Morgan fingerprint density at radius 2 is 2.00 bits per heavy atom. The van der Waals surface area contributed by atoms with E-state index in [1.165, 1.54) is 11.4 Å². The molecule has 0 aliphatic rings. The third kappa shape index (κ3) is 3.75. The number of rotatable bonds is 5. The van der Waals surface area contributed by atoms with Gasteiger partial charge >= 0.3 is 5.97 Å². The van der Waals surface area contributed by atoms with E-state index in [0.29, 0.717) is 15.9 Å². The number of thiophene rings is 1. The van der Waals surface area contributed by atoms with Crippen LogP contribution in [0.1, 0.15) is 15.4 Å². The minimum atomic E-state index is -4.05. The Bertz CT molecular complexity index is 1010. The maximum absolute atomic E-state index is 12.6. The molecular weight excluding hydrogens is 432 g/mol. The molecule has 0 bridgehead atoms. The van der Waals surface area contributed by atoms with Gasteiger partial charge in [0, 0.05) is 0 Å². The normalized spacial score (nSPS) is 11.3. The Morgan fingerprint density at radius 3 is 2.64 bits per heavy atom. The molecule has 0 aliphatic carbocycles. The summed E-state index contributed by atoms with van der Waals surface area (Å²) in [5.41, 5.74) is 0.492. The highest BCUT2D eigenvalue weighted by Crippen LogP contribution is 2.30. The zero-order valence-electron chi connectivity index (χ0n) is 12.7. The van der Waals surface area contributed by atoms with Gasteiger partial charge in [0.05, 0.1) is 5.69 Å². The Balaban J connectivity index is 1.87. The lowest BCUT2D eigenvalue weighted by Gasteiger charge is -2.07. The van der Waals surface area contributed by atoms with Crippen LogP contribution in [0.3, 0.4) is 0 Å². The van der Waals surface area contributed by atoms with Crippen LogP contribution < -0.4 is 9.46 Å². The van der Waals surface area contributed by atoms with Crippen LogP contribution >= 0.6 is 27.3 Å². The van der Waals surface area contributed by atoms with Crippen LogP contribution in [-0.2, 0) is 10.0 Å². The molecule has 3 rings (SSSR count). The molecule has 1 aromatic carbocycles. The predicted octanol–water partition coefficient (Wildman–Crippen LogP) is 3.83. The molecule has 0 radical (unpaired) electrons. The van der Waals surface area contributed by atoms with Crippen LogP contribution in [0.25, 0.3) is 0 Å². The van der Waals surface area contributed by atoms with Gasteiger partial charge in [0.15, 0.2) is 0 Å². The summed E-state index contributed by atoms with van der Waals surface area (Å²) in [6.07, 6.45) is 0. The topological polar surface area (TPSA) is 98.5 Å². The average Bonchev–Trinajstić information content (AvgIpc) is 3.19. The van der Waals surface area contributed by atoms with Crippen molar-refractivity contribution in [1.82, 2.24) is 5.16 Å². The second-order valence-electron chi connectivity index (χ2n) is 4.83. The smallest absolute Gasteiger partial charge is 0.355 e. The number of nitrogens with zero attached hydrogens (tertiary/aromatic N) is 1. The maximum atomic E-state index is 12.6. The second-order valence-corrected chi connectivity index (χ2v) is 8.19. The van der Waals surface area contributed by atoms with Gasteiger partial charge in [0.1, 0.15) is 20.0 Å². The van der Waals surface area contributed by atoms with Gasteiger partial charge in [0.25, 0.3) is 15.9 Å². The Hall–Kier alpha value is -2.17. The number of esters is 1. The van der Waals surface area contributed by atoms with Crippen LogP contribution in [0.15, 0.2) is 55.7 Å². The number of sulfonamides is 1. The number of aromatic nitrogens is 1. The molecule has 0 amide bonds. The number of aryl methyl sites for hydroxylation is 1. The van der Waals surface area contributed by atoms with Crippen molar-refractivity contribution in [2.24, 2.45) is 0 Å². The largest absolute Gasteiger partial charge is 0.422 e. The van der Waals surface area contributed by atoms with Crippen molar-refractivity contribution in [3.05, 3.63) is 56.8 Å². The number of ether oxygens (including phenoxy) is 1. The Kier molecular flexibility index (Phi) is 4.93. The number of hydrogen-bond donors (Lipinski definition) is 1. The quantitative estimate of drug-likeness (QED) is 0.476. The molecule has 0 fully saturated rings. The van der Waals surface area contributed by atoms with Crippen LogP contribution in [-0.4, -0.2) is 19.5 Å². The van der Waals surface area contributed by atoms with Gasteiger partial charge in [-0.15, -0.1) is 11.3 Å². The maximum Gasteiger partial charge on any atom is 0.355 e. The molecule has 1 N–H and O–H groups in total. The fourth-order valence-corrected chi connectivity index (χ4v) is 4.56. The minimum absolute atomic E-state index is 0.0382. The van der Waals surface area contributed by atoms with Crippen LogP contribution in [0.5, 0.6) is 5.75 Å². The van der Waals surface area contributed by atoms with Gasteiger partial charge < -0.3 is 9.26 Å². The number of benzene rings is 1. The molecule has 3 aromatic rings. The van der Waals surface area contributed by atoms with Gasteiger partial charge in [-0.25, -0.2) is 17.9 Å². The molecule has 0 atom stereocenters. The van der Waals surface area contributed by atoms with Gasteiger partial charge in [-0.3, -0.25) is 0 Å². The highest BCUT2D eigenvalue weighted by molar-refractivity contribution is 9.10. The first kappa shape index (κ1) is 17.6. The van der Waals surface area contributed by atoms with Gasteiger partial charge in [0.2, 0.25) is 0 Å². The Morgan fingerprint density at radius 1 is 1.28 bits per heavy atom. The van der Waals surface area contributed by atoms with Crippen molar-refractivity contribution in [1.29, 1.82) is 0 Å². The highest BCUT2D eigenvalue weighted by atomic mass is 79.9. The van der Waals surface area contributed by atoms with Crippen molar-refractivity contribution in [2.45, 2.75) is 11.8 Å². The van der Waals surface area contributed by atoms with Crippen molar-refractivity contribution >= 4 is 49.1 Å². The first-order chi connectivity index (χ1) is 11.9. The van der Waals surface area contributed by atoms with Gasteiger partial charge in [-0.2, -0.15) is 0 Å². The summed E-state index contributed by atoms with van der Waals surface area (Å²) in [4.78, 5) is 12.1. The molecule has 7 nitrogen and oxygen atoms in total. The third-order valence-electron chi connectivity index (χ3n) is 3.08. The van der Waals surface area contributed by atoms with Crippen LogP contribution in [0.4, 0.5) is 5.88 Å². The molecule has 25 heavy (non-hydrogen) atoms. The first-order valence-corrected chi connectivity index (χ1v) is 10.0. The van der Waals surface area contributed by atoms with Crippen molar-refractivity contribution < 1.29 is 22.5 Å². The molecule has 2 aromatic heterocycles. The second kappa shape index (κ2) is 6.98. The lowest BCUT2D eigenvalue weighted by Crippen LogP contribution is -2.17. The number of carbonyl (C=O) groups excluding carboxylic acids is 1. The highest BCUT2D eigenvalue weighted by Gasteiger charge is 2.27. The molecule has 0 unspecified atom stereocenters. The number of carbonyl (C=O) groups is 1. The summed E-state index contributed by atoms with van der Waals surface area (Å²) in [5, 5.41) is 5.15. The summed E-state index contributed by atoms with van der Waals surface area (Å²) in [7, 11) is -4.05. The molecule has 2 heterocycles. The standard InChI is InChI=1S/C15H11BrN2O5S2/c1-9-12(16)14(23-17-9)18-25(20,21)11-7-8-24-13(11)15(19)22-10-5-3-2-4-6-10/h2-8,18H,1H3. The van der Waals surface area contributed by atoms with E-state index in [2.05, 4.69) is 25.8 Å². The fourth-order valence-electron chi connectivity index (χ4n) is 1.90. The average molecular weight is 443 g/mol. The predicted molar refractivity (Wildman–Crippen MR) is 95.5 cm³/mol. The zero-order chi connectivity index (χ0) is 18.0. The molecule has 0 saturated carbocycles. The summed E-state index contributed by atoms with van der Waals surface area (Å²) < 4.78 is 37.9. The number of para-hydroxylation sites is 1. The summed E-state index contributed by atoms with van der Waals surface area (Å²) in [6, 6.07) is 9.73. The van der Waals surface area contributed by atoms with Crippen LogP contribution in [0.2, 0.25) is 0 Å². The molecule has 130 valence electrons. The molecular formula is C15H11BrN2O5S2. The minimum Gasteiger partial charge on any atom is -0.422 e. The lowest BCUT2D eigenvalue weighted by molar-refractivity contribution is 0.0736. The molecule has 0 aliphatic heterocycles. The molecule has 0 saturated heterocycles. The van der Waals surface area contributed by atoms with E-state index in [0.717, 1.165) is 11.3 Å². The Labute approximate surface area is 155 Å². The monoisotopic (exact) mass is 442 g/mol. The number of anilines is 1.